The third-order valence-electron chi connectivity index (χ3n) is 4.55. The number of ether oxygens (including phenoxy) is 1. The number of benzene rings is 2. The standard InChI is InChI=1S/C22H16F3N3O3/c1-21(29,15-6-5-7-16(12-15)22(23,24)25)20-27-19(28-31-20)14-10-11-18(26-13-14)30-17-8-3-2-4-9-17/h2-13,29H,1H3/t21-/m0/s1. The lowest BCUT2D eigenvalue weighted by Crippen LogP contribution is -2.24. The molecule has 0 amide bonds. The molecule has 1 atom stereocenters. The summed E-state index contributed by atoms with van der Waals surface area (Å²) in [5.74, 6) is 0.865. The van der Waals surface area contributed by atoms with Gasteiger partial charge in [0.25, 0.3) is 5.89 Å². The lowest BCUT2D eigenvalue weighted by molar-refractivity contribution is -0.137. The van der Waals surface area contributed by atoms with Crippen LogP contribution in [0.15, 0.2) is 77.4 Å². The lowest BCUT2D eigenvalue weighted by atomic mass is 9.94. The molecule has 2 heterocycles. The molecule has 0 fully saturated rings. The van der Waals surface area contributed by atoms with Gasteiger partial charge in [-0.25, -0.2) is 4.98 Å². The molecular formula is C22H16F3N3O3. The fourth-order valence-corrected chi connectivity index (χ4v) is 2.84. The van der Waals surface area contributed by atoms with Crippen molar-refractivity contribution in [3.63, 3.8) is 0 Å². The van der Waals surface area contributed by atoms with Crippen LogP contribution in [0.4, 0.5) is 13.2 Å². The number of para-hydroxylation sites is 1. The predicted molar refractivity (Wildman–Crippen MR) is 104 cm³/mol. The Morgan fingerprint density at radius 1 is 0.935 bits per heavy atom. The van der Waals surface area contributed by atoms with E-state index in [1.165, 1.54) is 25.3 Å². The molecule has 0 spiro atoms. The molecule has 0 unspecified atom stereocenters. The zero-order chi connectivity index (χ0) is 22.1. The number of rotatable bonds is 5. The summed E-state index contributed by atoms with van der Waals surface area (Å²) < 4.78 is 49.8. The number of hydrogen-bond donors (Lipinski definition) is 1. The monoisotopic (exact) mass is 427 g/mol. The minimum atomic E-state index is -4.54. The van der Waals surface area contributed by atoms with E-state index in [-0.39, 0.29) is 17.3 Å². The molecule has 4 aromatic rings. The highest BCUT2D eigenvalue weighted by Gasteiger charge is 2.36. The normalized spacial score (nSPS) is 13.6. The minimum absolute atomic E-state index is 0.0257. The number of halogens is 3. The van der Waals surface area contributed by atoms with Crippen molar-refractivity contribution in [2.24, 2.45) is 0 Å². The predicted octanol–water partition coefficient (Wildman–Crippen LogP) is 5.20. The highest BCUT2D eigenvalue weighted by Crippen LogP contribution is 2.35. The fraction of sp³-hybridized carbons (Fsp3) is 0.136. The molecule has 2 aromatic heterocycles. The highest BCUT2D eigenvalue weighted by molar-refractivity contribution is 5.53. The summed E-state index contributed by atoms with van der Waals surface area (Å²) in [6.07, 6.45) is -3.08. The molecule has 0 aliphatic rings. The quantitative estimate of drug-likeness (QED) is 0.472. The van der Waals surface area contributed by atoms with E-state index < -0.39 is 17.3 Å². The average Bonchev–Trinajstić information content (AvgIpc) is 3.26. The first-order chi connectivity index (χ1) is 14.7. The molecule has 0 aliphatic carbocycles. The van der Waals surface area contributed by atoms with E-state index in [1.807, 2.05) is 18.2 Å². The molecule has 0 radical (unpaired) electrons. The van der Waals surface area contributed by atoms with Crippen LogP contribution in [0.3, 0.4) is 0 Å². The van der Waals surface area contributed by atoms with Gasteiger partial charge in [0.05, 0.1) is 5.56 Å². The smallest absolute Gasteiger partial charge is 0.416 e. The van der Waals surface area contributed by atoms with Gasteiger partial charge < -0.3 is 14.4 Å². The third kappa shape index (κ3) is 4.41. The van der Waals surface area contributed by atoms with Gasteiger partial charge in [0.1, 0.15) is 5.75 Å². The number of pyridine rings is 1. The van der Waals surface area contributed by atoms with Crippen molar-refractivity contribution < 1.29 is 27.5 Å². The lowest BCUT2D eigenvalue weighted by Gasteiger charge is -2.20. The van der Waals surface area contributed by atoms with Crippen LogP contribution in [-0.4, -0.2) is 20.2 Å². The third-order valence-corrected chi connectivity index (χ3v) is 4.55. The Balaban J connectivity index is 1.56. The van der Waals surface area contributed by atoms with Crippen LogP contribution in [0.25, 0.3) is 11.4 Å². The maximum atomic E-state index is 13.0. The van der Waals surface area contributed by atoms with Crippen molar-refractivity contribution in [3.8, 4) is 23.0 Å². The zero-order valence-electron chi connectivity index (χ0n) is 16.2. The van der Waals surface area contributed by atoms with Gasteiger partial charge in [0.2, 0.25) is 11.7 Å². The molecule has 1 N–H and O–H groups in total. The Hall–Kier alpha value is -3.72. The van der Waals surface area contributed by atoms with E-state index in [9.17, 15) is 18.3 Å². The van der Waals surface area contributed by atoms with Gasteiger partial charge in [-0.2, -0.15) is 18.2 Å². The van der Waals surface area contributed by atoms with Crippen LogP contribution in [-0.2, 0) is 11.8 Å². The molecule has 0 bridgehead atoms. The summed E-state index contributed by atoms with van der Waals surface area (Å²) >= 11 is 0. The molecule has 0 aliphatic heterocycles. The Morgan fingerprint density at radius 2 is 1.68 bits per heavy atom. The Morgan fingerprint density at radius 3 is 2.35 bits per heavy atom. The van der Waals surface area contributed by atoms with Crippen LogP contribution in [0, 0.1) is 0 Å². The van der Waals surface area contributed by atoms with E-state index in [0.29, 0.717) is 17.2 Å². The summed E-state index contributed by atoms with van der Waals surface area (Å²) in [6.45, 7) is 1.29. The van der Waals surface area contributed by atoms with E-state index in [1.54, 1.807) is 24.3 Å². The number of aromatic nitrogens is 3. The largest absolute Gasteiger partial charge is 0.439 e. The number of alkyl halides is 3. The van der Waals surface area contributed by atoms with Crippen molar-refractivity contribution >= 4 is 0 Å². The fourth-order valence-electron chi connectivity index (χ4n) is 2.84. The molecule has 2 aromatic carbocycles. The molecule has 6 nitrogen and oxygen atoms in total. The SMILES string of the molecule is C[C@](O)(c1cccc(C(F)(F)F)c1)c1nc(-c2ccc(Oc3ccccc3)nc2)no1. The van der Waals surface area contributed by atoms with Crippen molar-refractivity contribution in [1.82, 2.24) is 15.1 Å². The first kappa shape index (κ1) is 20.5. The van der Waals surface area contributed by atoms with Crippen LogP contribution >= 0.6 is 0 Å². The zero-order valence-corrected chi connectivity index (χ0v) is 16.2. The summed E-state index contributed by atoms with van der Waals surface area (Å²) in [4.78, 5) is 8.33. The molecular weight excluding hydrogens is 411 g/mol. The van der Waals surface area contributed by atoms with Crippen molar-refractivity contribution in [1.29, 1.82) is 0 Å². The second-order valence-corrected chi connectivity index (χ2v) is 6.87. The van der Waals surface area contributed by atoms with Gasteiger partial charge in [0, 0.05) is 17.8 Å². The van der Waals surface area contributed by atoms with Gasteiger partial charge in [-0.15, -0.1) is 0 Å². The van der Waals surface area contributed by atoms with Gasteiger partial charge >= 0.3 is 6.18 Å². The number of hydrogen-bond acceptors (Lipinski definition) is 6. The molecule has 31 heavy (non-hydrogen) atoms. The second kappa shape index (κ2) is 7.84. The van der Waals surface area contributed by atoms with Crippen molar-refractivity contribution in [2.45, 2.75) is 18.7 Å². The second-order valence-electron chi connectivity index (χ2n) is 6.87. The Labute approximate surface area is 175 Å². The maximum Gasteiger partial charge on any atom is 0.416 e. The van der Waals surface area contributed by atoms with Crippen molar-refractivity contribution in [3.05, 3.63) is 89.9 Å². The van der Waals surface area contributed by atoms with Crippen LogP contribution < -0.4 is 4.74 Å². The summed E-state index contributed by atoms with van der Waals surface area (Å²) in [6, 6.07) is 16.7. The molecule has 4 rings (SSSR count). The maximum absolute atomic E-state index is 13.0. The van der Waals surface area contributed by atoms with Crippen LogP contribution in [0.5, 0.6) is 11.6 Å². The summed E-state index contributed by atoms with van der Waals surface area (Å²) in [5.41, 5.74) is -2.35. The first-order valence-electron chi connectivity index (χ1n) is 9.17. The summed E-state index contributed by atoms with van der Waals surface area (Å²) in [5, 5.41) is 14.6. The van der Waals surface area contributed by atoms with E-state index in [0.717, 1.165) is 12.1 Å². The minimum Gasteiger partial charge on any atom is -0.439 e. The topological polar surface area (TPSA) is 81.3 Å². The molecule has 158 valence electrons. The number of nitrogens with zero attached hydrogens (tertiary/aromatic N) is 3. The van der Waals surface area contributed by atoms with Gasteiger partial charge in [0.15, 0.2) is 5.60 Å². The Bertz CT molecular complexity index is 1170. The molecule has 0 saturated carbocycles. The van der Waals surface area contributed by atoms with Gasteiger partial charge in [-0.05, 0) is 42.8 Å². The van der Waals surface area contributed by atoms with E-state index >= 15 is 0 Å². The summed E-state index contributed by atoms with van der Waals surface area (Å²) in [7, 11) is 0. The Kier molecular flexibility index (Phi) is 5.20. The first-order valence-corrected chi connectivity index (χ1v) is 9.17. The number of aliphatic hydroxyl groups is 1. The molecule has 9 heteroatoms. The van der Waals surface area contributed by atoms with Crippen LogP contribution in [0.1, 0.15) is 23.9 Å². The van der Waals surface area contributed by atoms with E-state index in [2.05, 4.69) is 15.1 Å². The molecule has 0 saturated heterocycles. The van der Waals surface area contributed by atoms with Crippen molar-refractivity contribution in [2.75, 3.05) is 0 Å². The highest BCUT2D eigenvalue weighted by atomic mass is 19.4. The van der Waals surface area contributed by atoms with E-state index in [4.69, 9.17) is 9.26 Å². The average molecular weight is 427 g/mol. The van der Waals surface area contributed by atoms with Gasteiger partial charge in [-0.3, -0.25) is 0 Å². The van der Waals surface area contributed by atoms with Gasteiger partial charge in [-0.1, -0.05) is 35.5 Å². The van der Waals surface area contributed by atoms with Crippen LogP contribution in [0.2, 0.25) is 0 Å².